The molecule has 0 amide bonds. The molecule has 3 heterocycles. The number of thioether (sulfide) groups is 2. The van der Waals surface area contributed by atoms with Gasteiger partial charge in [0.15, 0.2) is 5.17 Å². The number of morpholine rings is 1. The summed E-state index contributed by atoms with van der Waals surface area (Å²) in [6.07, 6.45) is 1.76. The molecule has 1 aromatic rings. The van der Waals surface area contributed by atoms with Crippen LogP contribution in [0.3, 0.4) is 0 Å². The minimum atomic E-state index is 0.546. The normalized spacial score (nSPS) is 24.3. The topological polar surface area (TPSA) is 66.4 Å². The van der Waals surface area contributed by atoms with E-state index in [0.29, 0.717) is 5.25 Å². The molecule has 18 heavy (non-hydrogen) atoms. The molecule has 0 aromatic carbocycles. The van der Waals surface area contributed by atoms with Crippen LogP contribution in [-0.2, 0) is 4.74 Å². The van der Waals surface area contributed by atoms with E-state index in [1.54, 1.807) is 18.0 Å². The Balaban J connectivity index is 1.45. The first-order chi connectivity index (χ1) is 8.92. The molecule has 6 nitrogen and oxygen atoms in total. The number of H-pyrrole nitrogens is 1. The van der Waals surface area contributed by atoms with Crippen LogP contribution in [0.4, 0.5) is 0 Å². The van der Waals surface area contributed by atoms with Gasteiger partial charge in [0, 0.05) is 24.1 Å². The van der Waals surface area contributed by atoms with E-state index in [9.17, 15) is 0 Å². The lowest BCUT2D eigenvalue weighted by atomic mass is 10.4. The van der Waals surface area contributed by atoms with Crippen molar-refractivity contribution >= 4 is 28.7 Å². The Kier molecular flexibility index (Phi) is 4.06. The van der Waals surface area contributed by atoms with E-state index < -0.39 is 0 Å². The second-order valence-electron chi connectivity index (χ2n) is 4.08. The number of nitrogens with zero attached hydrogens (tertiary/aromatic N) is 4. The van der Waals surface area contributed by atoms with E-state index in [0.717, 1.165) is 43.6 Å². The summed E-state index contributed by atoms with van der Waals surface area (Å²) in [7, 11) is 0. The molecule has 1 atom stereocenters. The van der Waals surface area contributed by atoms with Crippen LogP contribution in [0, 0.1) is 0 Å². The van der Waals surface area contributed by atoms with Crippen LogP contribution in [0.1, 0.15) is 0 Å². The van der Waals surface area contributed by atoms with Crippen molar-refractivity contribution in [2.24, 2.45) is 4.99 Å². The molecule has 0 spiro atoms. The number of hydrogen-bond donors (Lipinski definition) is 1. The summed E-state index contributed by atoms with van der Waals surface area (Å²) in [6, 6.07) is 0. The van der Waals surface area contributed by atoms with Crippen LogP contribution < -0.4 is 0 Å². The maximum absolute atomic E-state index is 5.35. The Morgan fingerprint density at radius 2 is 2.39 bits per heavy atom. The first-order valence-electron chi connectivity index (χ1n) is 5.94. The van der Waals surface area contributed by atoms with Gasteiger partial charge in [-0.1, -0.05) is 11.8 Å². The first-order valence-corrected chi connectivity index (χ1v) is 7.81. The highest BCUT2D eigenvalue weighted by atomic mass is 32.2. The van der Waals surface area contributed by atoms with Gasteiger partial charge in [0.05, 0.1) is 26.0 Å². The minimum Gasteiger partial charge on any atom is -0.378 e. The number of rotatable bonds is 3. The zero-order valence-electron chi connectivity index (χ0n) is 9.91. The van der Waals surface area contributed by atoms with Crippen LogP contribution in [0.5, 0.6) is 0 Å². The highest BCUT2D eigenvalue weighted by Crippen LogP contribution is 2.28. The Morgan fingerprint density at radius 1 is 1.50 bits per heavy atom. The molecule has 1 aromatic heterocycles. The van der Waals surface area contributed by atoms with Gasteiger partial charge in [0.2, 0.25) is 0 Å². The number of hydrogen-bond acceptors (Lipinski definition) is 7. The number of aromatic nitrogens is 3. The van der Waals surface area contributed by atoms with Gasteiger partial charge in [-0.3, -0.25) is 4.99 Å². The summed E-state index contributed by atoms with van der Waals surface area (Å²) in [5.74, 6) is 1.02. The van der Waals surface area contributed by atoms with Gasteiger partial charge < -0.3 is 9.64 Å². The molecule has 1 fully saturated rings. The summed E-state index contributed by atoms with van der Waals surface area (Å²) in [5, 5.41) is 13.2. The standard InChI is InChI=1S/C10H15N5OS2/c1-3-16-4-2-15(1)10-11-5-8(18-10)7-17-9-6-12-14-13-9/h6,8H,1-5,7H2,(H,12,13,14)/t8-/m1/s1. The Labute approximate surface area is 114 Å². The lowest BCUT2D eigenvalue weighted by molar-refractivity contribution is 0.0693. The summed E-state index contributed by atoms with van der Waals surface area (Å²) in [6.45, 7) is 4.47. The lowest BCUT2D eigenvalue weighted by Gasteiger charge is -2.28. The SMILES string of the molecule is c1n[nH]nc1SC[C@H]1CN=C(N2CCOCC2)S1. The van der Waals surface area contributed by atoms with Gasteiger partial charge in [-0.25, -0.2) is 0 Å². The van der Waals surface area contributed by atoms with E-state index in [1.807, 2.05) is 11.8 Å². The maximum atomic E-state index is 5.35. The fourth-order valence-electron chi connectivity index (χ4n) is 1.86. The summed E-state index contributed by atoms with van der Waals surface area (Å²) in [4.78, 5) is 6.96. The van der Waals surface area contributed by atoms with Crippen molar-refractivity contribution < 1.29 is 4.74 Å². The Morgan fingerprint density at radius 3 is 3.17 bits per heavy atom. The van der Waals surface area contributed by atoms with E-state index in [1.165, 1.54) is 5.17 Å². The van der Waals surface area contributed by atoms with Gasteiger partial charge >= 0.3 is 0 Å². The maximum Gasteiger partial charge on any atom is 0.159 e. The molecule has 0 unspecified atom stereocenters. The highest BCUT2D eigenvalue weighted by molar-refractivity contribution is 8.15. The van der Waals surface area contributed by atoms with Gasteiger partial charge in [0.25, 0.3) is 0 Å². The quantitative estimate of drug-likeness (QED) is 0.825. The molecule has 2 aliphatic rings. The van der Waals surface area contributed by atoms with Crippen molar-refractivity contribution in [3.8, 4) is 0 Å². The molecular formula is C10H15N5OS2. The molecule has 1 saturated heterocycles. The molecule has 98 valence electrons. The van der Waals surface area contributed by atoms with Crippen molar-refractivity contribution in [2.45, 2.75) is 10.3 Å². The first kappa shape index (κ1) is 12.3. The van der Waals surface area contributed by atoms with Crippen molar-refractivity contribution in [3.63, 3.8) is 0 Å². The van der Waals surface area contributed by atoms with Crippen molar-refractivity contribution in [3.05, 3.63) is 6.20 Å². The highest BCUT2D eigenvalue weighted by Gasteiger charge is 2.25. The number of nitrogens with one attached hydrogen (secondary N) is 1. The molecule has 0 radical (unpaired) electrons. The molecule has 3 rings (SSSR count). The van der Waals surface area contributed by atoms with Crippen LogP contribution in [0.15, 0.2) is 16.2 Å². The molecule has 0 aliphatic carbocycles. The van der Waals surface area contributed by atoms with E-state index >= 15 is 0 Å². The fraction of sp³-hybridized carbons (Fsp3) is 0.700. The molecule has 2 aliphatic heterocycles. The average molecular weight is 285 g/mol. The summed E-state index contributed by atoms with van der Waals surface area (Å²) >= 11 is 3.61. The smallest absolute Gasteiger partial charge is 0.159 e. The number of aromatic amines is 1. The number of ether oxygens (including phenoxy) is 1. The van der Waals surface area contributed by atoms with Crippen LogP contribution in [-0.4, -0.2) is 69.3 Å². The van der Waals surface area contributed by atoms with Crippen LogP contribution in [0.2, 0.25) is 0 Å². The van der Waals surface area contributed by atoms with Crippen LogP contribution in [0.25, 0.3) is 0 Å². The minimum absolute atomic E-state index is 0.546. The van der Waals surface area contributed by atoms with Crippen molar-refractivity contribution in [1.29, 1.82) is 0 Å². The third-order valence-electron chi connectivity index (χ3n) is 2.79. The predicted molar refractivity (Wildman–Crippen MR) is 73.2 cm³/mol. The predicted octanol–water partition coefficient (Wildman–Crippen LogP) is 0.700. The zero-order chi connectivity index (χ0) is 12.2. The molecule has 1 N–H and O–H groups in total. The number of amidine groups is 1. The van der Waals surface area contributed by atoms with E-state index in [4.69, 9.17) is 4.74 Å². The van der Waals surface area contributed by atoms with E-state index in [2.05, 4.69) is 25.3 Å². The fourth-order valence-corrected chi connectivity index (χ4v) is 3.96. The van der Waals surface area contributed by atoms with Crippen molar-refractivity contribution in [2.75, 3.05) is 38.6 Å². The van der Waals surface area contributed by atoms with Gasteiger partial charge in [-0.05, 0) is 0 Å². The van der Waals surface area contributed by atoms with Gasteiger partial charge in [0.1, 0.15) is 5.03 Å². The van der Waals surface area contributed by atoms with E-state index in [-0.39, 0.29) is 0 Å². The second kappa shape index (κ2) is 5.94. The summed E-state index contributed by atoms with van der Waals surface area (Å²) < 4.78 is 5.35. The zero-order valence-corrected chi connectivity index (χ0v) is 11.5. The average Bonchev–Trinajstić information content (AvgIpc) is 3.09. The third kappa shape index (κ3) is 2.99. The number of aliphatic imine (C=N–C) groups is 1. The lowest BCUT2D eigenvalue weighted by Crippen LogP contribution is -2.39. The molecule has 8 heteroatoms. The second-order valence-corrected chi connectivity index (χ2v) is 6.39. The monoisotopic (exact) mass is 285 g/mol. The molecule has 0 bridgehead atoms. The van der Waals surface area contributed by atoms with Gasteiger partial charge in [-0.15, -0.1) is 16.9 Å². The largest absolute Gasteiger partial charge is 0.378 e. The third-order valence-corrected chi connectivity index (χ3v) is 5.31. The Hall–Kier alpha value is -0.730. The van der Waals surface area contributed by atoms with Gasteiger partial charge in [-0.2, -0.15) is 10.3 Å². The Bertz CT molecular complexity index is 404. The van der Waals surface area contributed by atoms with Crippen molar-refractivity contribution in [1.82, 2.24) is 20.3 Å². The molecular weight excluding hydrogens is 270 g/mol. The summed E-state index contributed by atoms with van der Waals surface area (Å²) in [5.41, 5.74) is 0. The van der Waals surface area contributed by atoms with Crippen LogP contribution >= 0.6 is 23.5 Å². The molecule has 0 saturated carbocycles.